The van der Waals surface area contributed by atoms with Gasteiger partial charge in [-0.25, -0.2) is 0 Å². The van der Waals surface area contributed by atoms with E-state index >= 15 is 0 Å². The molecular formula is C21H17F3N2O4. The van der Waals surface area contributed by atoms with Gasteiger partial charge in [0.1, 0.15) is 5.75 Å². The fourth-order valence-corrected chi connectivity index (χ4v) is 3.51. The number of benzene rings is 2. The second-order valence-corrected chi connectivity index (χ2v) is 6.72. The van der Waals surface area contributed by atoms with Crippen molar-refractivity contribution >= 4 is 23.4 Å². The molecule has 1 atom stereocenters. The molecule has 0 unspecified atom stereocenters. The number of carbonyl (C=O) groups is 1. The van der Waals surface area contributed by atoms with Gasteiger partial charge in [-0.3, -0.25) is 9.79 Å². The topological polar surface area (TPSA) is 60.4 Å². The molecule has 0 aromatic heterocycles. The van der Waals surface area contributed by atoms with E-state index in [-0.39, 0.29) is 17.7 Å². The molecule has 1 amide bonds. The van der Waals surface area contributed by atoms with Crippen molar-refractivity contribution in [1.82, 2.24) is 4.90 Å². The third-order valence-electron chi connectivity index (χ3n) is 4.87. The Kier molecular flexibility index (Phi) is 4.89. The Bertz CT molecular complexity index is 1060. The van der Waals surface area contributed by atoms with Gasteiger partial charge >= 0.3 is 6.36 Å². The minimum atomic E-state index is -4.77. The fraction of sp³-hybridized carbons (Fsp3) is 0.238. The van der Waals surface area contributed by atoms with Crippen molar-refractivity contribution in [2.75, 3.05) is 14.2 Å². The van der Waals surface area contributed by atoms with Crippen LogP contribution in [0.5, 0.6) is 17.2 Å². The molecule has 0 bridgehead atoms. The van der Waals surface area contributed by atoms with E-state index in [4.69, 9.17) is 9.47 Å². The molecule has 9 heteroatoms. The summed E-state index contributed by atoms with van der Waals surface area (Å²) in [5, 5.41) is 0. The first-order valence-electron chi connectivity index (χ1n) is 8.99. The highest BCUT2D eigenvalue weighted by atomic mass is 19.4. The van der Waals surface area contributed by atoms with Crippen molar-refractivity contribution in [1.29, 1.82) is 0 Å². The number of methoxy groups -OCH3 is 2. The third kappa shape index (κ3) is 3.70. The summed E-state index contributed by atoms with van der Waals surface area (Å²) in [5.41, 5.74) is 2.05. The summed E-state index contributed by atoms with van der Waals surface area (Å²) in [6.45, 7) is 0. The summed E-state index contributed by atoms with van der Waals surface area (Å²) in [5.74, 6) is 0.260. The molecule has 2 aromatic rings. The smallest absolute Gasteiger partial charge is 0.493 e. The number of ether oxygens (including phenoxy) is 3. The fourth-order valence-electron chi connectivity index (χ4n) is 3.51. The maximum atomic E-state index is 13.1. The zero-order valence-corrected chi connectivity index (χ0v) is 16.1. The minimum Gasteiger partial charge on any atom is -0.493 e. The number of halogens is 3. The number of hydrogen-bond donors (Lipinski definition) is 0. The van der Waals surface area contributed by atoms with Crippen molar-refractivity contribution in [3.05, 3.63) is 53.7 Å². The maximum Gasteiger partial charge on any atom is 0.573 e. The lowest BCUT2D eigenvalue weighted by Crippen LogP contribution is -2.32. The van der Waals surface area contributed by atoms with Gasteiger partial charge < -0.3 is 19.1 Å². The molecule has 0 spiro atoms. The number of nitrogens with zero attached hydrogens (tertiary/aromatic N) is 2. The van der Waals surface area contributed by atoms with E-state index in [1.165, 1.54) is 37.3 Å². The van der Waals surface area contributed by atoms with Gasteiger partial charge in [0.2, 0.25) is 0 Å². The van der Waals surface area contributed by atoms with E-state index in [0.717, 1.165) is 0 Å². The van der Waals surface area contributed by atoms with Gasteiger partial charge in [0, 0.05) is 24.9 Å². The monoisotopic (exact) mass is 418 g/mol. The molecule has 0 saturated heterocycles. The Morgan fingerprint density at radius 1 is 1.10 bits per heavy atom. The Morgan fingerprint density at radius 2 is 1.83 bits per heavy atom. The number of amides is 1. The molecule has 156 valence electrons. The number of aliphatic imine (C=N–C) groups is 1. The summed E-state index contributed by atoms with van der Waals surface area (Å²) in [6, 6.07) is 8.52. The molecule has 2 aliphatic rings. The number of alkyl halides is 3. The van der Waals surface area contributed by atoms with Crippen molar-refractivity contribution in [2.24, 2.45) is 4.99 Å². The van der Waals surface area contributed by atoms with Crippen molar-refractivity contribution in [3.8, 4) is 17.2 Å². The average Bonchev–Trinajstić information content (AvgIpc) is 3.09. The number of hydrogen-bond acceptors (Lipinski definition) is 5. The zero-order chi connectivity index (χ0) is 21.5. The SMILES string of the molecule is COc1cc2c(cc1OC)C(=O)N1C=C(c3cccc(OC(F)(F)F)c3)C[C@H]1C=N2. The normalized spacial score (nSPS) is 17.8. The van der Waals surface area contributed by atoms with Crippen LogP contribution in [0.25, 0.3) is 5.57 Å². The average molecular weight is 418 g/mol. The minimum absolute atomic E-state index is 0.286. The van der Waals surface area contributed by atoms with Gasteiger partial charge in [-0.05, 0) is 29.3 Å². The lowest BCUT2D eigenvalue weighted by molar-refractivity contribution is -0.274. The van der Waals surface area contributed by atoms with E-state index in [9.17, 15) is 18.0 Å². The number of carbonyl (C=O) groups excluding carboxylic acids is 1. The summed E-state index contributed by atoms with van der Waals surface area (Å²) < 4.78 is 52.1. The second kappa shape index (κ2) is 7.40. The van der Waals surface area contributed by atoms with Gasteiger partial charge in [-0.1, -0.05) is 12.1 Å². The lowest BCUT2D eigenvalue weighted by atomic mass is 10.0. The molecule has 4 rings (SSSR count). The molecule has 2 heterocycles. The first-order valence-corrected chi connectivity index (χ1v) is 8.99. The van der Waals surface area contributed by atoms with Crippen molar-refractivity contribution in [3.63, 3.8) is 0 Å². The number of rotatable bonds is 4. The summed E-state index contributed by atoms with van der Waals surface area (Å²) in [4.78, 5) is 19.1. The molecule has 0 aliphatic carbocycles. The summed E-state index contributed by atoms with van der Waals surface area (Å²) >= 11 is 0. The predicted molar refractivity (Wildman–Crippen MR) is 103 cm³/mol. The molecule has 30 heavy (non-hydrogen) atoms. The largest absolute Gasteiger partial charge is 0.573 e. The molecule has 0 N–H and O–H groups in total. The Balaban J connectivity index is 1.67. The molecule has 2 aromatic carbocycles. The first kappa shape index (κ1) is 19.8. The third-order valence-corrected chi connectivity index (χ3v) is 4.87. The van der Waals surface area contributed by atoms with Crippen molar-refractivity contribution < 1.29 is 32.2 Å². The van der Waals surface area contributed by atoms with Crippen LogP contribution >= 0.6 is 0 Å². The van der Waals surface area contributed by atoms with Crippen LogP contribution in [0.2, 0.25) is 0 Å². The highest BCUT2D eigenvalue weighted by Crippen LogP contribution is 2.40. The highest BCUT2D eigenvalue weighted by molar-refractivity contribution is 6.05. The molecule has 0 radical (unpaired) electrons. The molecule has 6 nitrogen and oxygen atoms in total. The van der Waals surface area contributed by atoms with Gasteiger partial charge in [-0.2, -0.15) is 0 Å². The predicted octanol–water partition coefficient (Wildman–Crippen LogP) is 4.57. The molecule has 0 saturated carbocycles. The molecule has 0 fully saturated rings. The number of fused-ring (bicyclic) bond motifs is 2. The van der Waals surface area contributed by atoms with Gasteiger partial charge in [-0.15, -0.1) is 13.2 Å². The Morgan fingerprint density at radius 3 is 2.53 bits per heavy atom. The van der Waals surface area contributed by atoms with Crippen LogP contribution in [-0.2, 0) is 0 Å². The molecule has 2 aliphatic heterocycles. The van der Waals surface area contributed by atoms with E-state index in [0.29, 0.717) is 40.3 Å². The van der Waals surface area contributed by atoms with Gasteiger partial charge in [0.25, 0.3) is 5.91 Å². The molecular weight excluding hydrogens is 401 g/mol. The van der Waals surface area contributed by atoms with Crippen LogP contribution in [0.15, 0.2) is 47.6 Å². The summed E-state index contributed by atoms with van der Waals surface area (Å²) in [7, 11) is 2.97. The van der Waals surface area contributed by atoms with Crippen LogP contribution in [0.3, 0.4) is 0 Å². The van der Waals surface area contributed by atoms with E-state index in [1.54, 1.807) is 30.6 Å². The van der Waals surface area contributed by atoms with Gasteiger partial charge in [0.05, 0.1) is 31.5 Å². The van der Waals surface area contributed by atoms with E-state index in [2.05, 4.69) is 9.73 Å². The second-order valence-electron chi connectivity index (χ2n) is 6.72. The van der Waals surface area contributed by atoms with Crippen LogP contribution in [0.1, 0.15) is 22.3 Å². The van der Waals surface area contributed by atoms with Crippen LogP contribution in [0, 0.1) is 0 Å². The van der Waals surface area contributed by atoms with Gasteiger partial charge in [0.15, 0.2) is 11.5 Å². The standard InChI is InChI=1S/C21H17F3N2O4/c1-28-18-8-16-17(9-19(18)29-2)25-10-14-6-13(11-26(14)20(16)27)12-4-3-5-15(7-12)30-21(22,23)24/h3-5,7-11,14H,6H2,1-2H3/t14-/m0/s1. The van der Waals surface area contributed by atoms with Crippen LogP contribution in [-0.4, -0.2) is 43.6 Å². The van der Waals surface area contributed by atoms with Crippen LogP contribution < -0.4 is 14.2 Å². The lowest BCUT2D eigenvalue weighted by Gasteiger charge is -2.18. The summed E-state index contributed by atoms with van der Waals surface area (Å²) in [6.07, 6.45) is -1.08. The Labute approximate surface area is 170 Å². The highest BCUT2D eigenvalue weighted by Gasteiger charge is 2.34. The van der Waals surface area contributed by atoms with Crippen LogP contribution in [0.4, 0.5) is 18.9 Å². The van der Waals surface area contributed by atoms with E-state index < -0.39 is 6.36 Å². The first-order chi connectivity index (χ1) is 14.3. The maximum absolute atomic E-state index is 13.1. The Hall–Kier alpha value is -3.49. The quantitative estimate of drug-likeness (QED) is 0.730. The van der Waals surface area contributed by atoms with Crippen molar-refractivity contribution in [2.45, 2.75) is 18.8 Å². The zero-order valence-electron chi connectivity index (χ0n) is 16.1. The van der Waals surface area contributed by atoms with E-state index in [1.807, 2.05) is 0 Å².